The highest BCUT2D eigenvalue weighted by atomic mass is 15.0. The van der Waals surface area contributed by atoms with E-state index in [1.165, 1.54) is 51.4 Å². The molecule has 1 N–H and O–H groups in total. The third-order valence-corrected chi connectivity index (χ3v) is 4.24. The van der Waals surface area contributed by atoms with E-state index < -0.39 is 0 Å². The van der Waals surface area contributed by atoms with Crippen LogP contribution in [0.1, 0.15) is 79.1 Å². The highest BCUT2D eigenvalue weighted by Gasteiger charge is 2.35. The molecule has 1 aliphatic rings. The largest absolute Gasteiger partial charge is 0.311 e. The maximum atomic E-state index is 3.94. The molecule has 0 saturated heterocycles. The predicted molar refractivity (Wildman–Crippen MR) is 72.8 cm³/mol. The van der Waals surface area contributed by atoms with Crippen LogP contribution in [0.2, 0.25) is 0 Å². The zero-order valence-electron chi connectivity index (χ0n) is 11.8. The molecule has 0 aromatic rings. The molecule has 1 fully saturated rings. The Morgan fingerprint density at radius 3 is 2.44 bits per heavy atom. The molecule has 0 bridgehead atoms. The smallest absolute Gasteiger partial charge is 0.0121 e. The third kappa shape index (κ3) is 4.08. The molecule has 0 amide bonds. The average molecular weight is 225 g/mol. The Hall–Kier alpha value is -0.0400. The van der Waals surface area contributed by atoms with Crippen molar-refractivity contribution in [3.05, 3.63) is 0 Å². The minimum atomic E-state index is 0.526. The molecule has 0 spiro atoms. The van der Waals surface area contributed by atoms with Crippen molar-refractivity contribution in [1.82, 2.24) is 5.32 Å². The number of nitrogens with one attached hydrogen (secondary N) is 1. The Balaban J connectivity index is 2.40. The first kappa shape index (κ1) is 14.0. The maximum Gasteiger partial charge on any atom is 0.0121 e. The third-order valence-electron chi connectivity index (χ3n) is 4.24. The zero-order valence-corrected chi connectivity index (χ0v) is 11.8. The monoisotopic (exact) mass is 225 g/mol. The molecule has 2 unspecified atom stereocenters. The summed E-state index contributed by atoms with van der Waals surface area (Å²) in [5, 5.41) is 3.94. The molecule has 16 heavy (non-hydrogen) atoms. The SMILES string of the molecule is CCCCC(CCC)NC1CCCC1(C)C. The standard InChI is InChI=1S/C15H31N/c1-5-7-10-13(9-6-2)16-14-11-8-12-15(14,3)4/h13-14,16H,5-12H2,1-4H3. The lowest BCUT2D eigenvalue weighted by atomic mass is 9.86. The molecule has 1 heteroatoms. The quantitative estimate of drug-likeness (QED) is 0.672. The summed E-state index contributed by atoms with van der Waals surface area (Å²) in [7, 11) is 0. The lowest BCUT2D eigenvalue weighted by Gasteiger charge is -2.32. The first-order chi connectivity index (χ1) is 7.60. The van der Waals surface area contributed by atoms with Crippen molar-refractivity contribution in [2.75, 3.05) is 0 Å². The van der Waals surface area contributed by atoms with E-state index in [-0.39, 0.29) is 0 Å². The number of hydrogen-bond acceptors (Lipinski definition) is 1. The van der Waals surface area contributed by atoms with Crippen LogP contribution in [0.3, 0.4) is 0 Å². The van der Waals surface area contributed by atoms with E-state index in [1.54, 1.807) is 0 Å². The van der Waals surface area contributed by atoms with Gasteiger partial charge in [0.15, 0.2) is 0 Å². The Labute approximate surface area is 102 Å². The van der Waals surface area contributed by atoms with Gasteiger partial charge in [-0.15, -0.1) is 0 Å². The summed E-state index contributed by atoms with van der Waals surface area (Å²) in [6, 6.07) is 1.54. The van der Waals surface area contributed by atoms with Gasteiger partial charge in [-0.3, -0.25) is 0 Å². The highest BCUT2D eigenvalue weighted by Crippen LogP contribution is 2.37. The van der Waals surface area contributed by atoms with E-state index >= 15 is 0 Å². The van der Waals surface area contributed by atoms with Crippen molar-refractivity contribution in [2.45, 2.75) is 91.1 Å². The molecule has 1 nitrogen and oxygen atoms in total. The van der Waals surface area contributed by atoms with Crippen LogP contribution in [0.15, 0.2) is 0 Å². The summed E-state index contributed by atoms with van der Waals surface area (Å²) >= 11 is 0. The van der Waals surface area contributed by atoms with Crippen LogP contribution >= 0.6 is 0 Å². The van der Waals surface area contributed by atoms with Gasteiger partial charge in [-0.05, 0) is 31.1 Å². The van der Waals surface area contributed by atoms with Crippen molar-refractivity contribution < 1.29 is 0 Å². The zero-order chi connectivity index (χ0) is 12.0. The van der Waals surface area contributed by atoms with Crippen LogP contribution in [-0.2, 0) is 0 Å². The van der Waals surface area contributed by atoms with Gasteiger partial charge in [-0.1, -0.05) is 53.4 Å². The van der Waals surface area contributed by atoms with E-state index in [9.17, 15) is 0 Å². The van der Waals surface area contributed by atoms with Crippen LogP contribution in [0.25, 0.3) is 0 Å². The van der Waals surface area contributed by atoms with E-state index in [0.717, 1.165) is 12.1 Å². The second-order valence-corrected chi connectivity index (χ2v) is 6.23. The van der Waals surface area contributed by atoms with Crippen molar-refractivity contribution >= 4 is 0 Å². The van der Waals surface area contributed by atoms with Gasteiger partial charge in [0.05, 0.1) is 0 Å². The van der Waals surface area contributed by atoms with Gasteiger partial charge < -0.3 is 5.32 Å². The molecule has 96 valence electrons. The van der Waals surface area contributed by atoms with Crippen LogP contribution in [0.4, 0.5) is 0 Å². The number of hydrogen-bond donors (Lipinski definition) is 1. The van der Waals surface area contributed by atoms with Crippen LogP contribution in [-0.4, -0.2) is 12.1 Å². The Morgan fingerprint density at radius 2 is 1.94 bits per heavy atom. The highest BCUT2D eigenvalue weighted by molar-refractivity contribution is 4.91. The molecule has 0 aromatic heterocycles. The molecular formula is C15H31N. The minimum Gasteiger partial charge on any atom is -0.311 e. The van der Waals surface area contributed by atoms with Gasteiger partial charge in [-0.2, -0.15) is 0 Å². The summed E-state index contributed by atoms with van der Waals surface area (Å²) in [4.78, 5) is 0. The second kappa shape index (κ2) is 6.64. The second-order valence-electron chi connectivity index (χ2n) is 6.23. The van der Waals surface area contributed by atoms with Gasteiger partial charge in [0, 0.05) is 12.1 Å². The lowest BCUT2D eigenvalue weighted by Crippen LogP contribution is -2.43. The molecule has 0 heterocycles. The Bertz CT molecular complexity index is 186. The Kier molecular flexibility index (Phi) is 5.82. The summed E-state index contributed by atoms with van der Waals surface area (Å²) in [6.45, 7) is 9.46. The molecule has 0 radical (unpaired) electrons. The molecule has 0 aliphatic heterocycles. The number of unbranched alkanes of at least 4 members (excludes halogenated alkanes) is 1. The summed E-state index contributed by atoms with van der Waals surface area (Å²) in [6.07, 6.45) is 11.0. The normalized spacial score (nSPS) is 25.9. The fourth-order valence-electron chi connectivity index (χ4n) is 3.03. The van der Waals surface area contributed by atoms with Crippen molar-refractivity contribution in [3.8, 4) is 0 Å². The maximum absolute atomic E-state index is 3.94. The van der Waals surface area contributed by atoms with E-state index in [1.807, 2.05) is 0 Å². The van der Waals surface area contributed by atoms with Gasteiger partial charge in [0.25, 0.3) is 0 Å². The van der Waals surface area contributed by atoms with Crippen molar-refractivity contribution in [2.24, 2.45) is 5.41 Å². The summed E-state index contributed by atoms with van der Waals surface area (Å²) in [5.41, 5.74) is 0.526. The fourth-order valence-corrected chi connectivity index (χ4v) is 3.03. The molecule has 1 rings (SSSR count). The predicted octanol–water partition coefficient (Wildman–Crippen LogP) is 4.51. The number of rotatable bonds is 7. The molecule has 1 saturated carbocycles. The van der Waals surface area contributed by atoms with Crippen LogP contribution < -0.4 is 5.32 Å². The average Bonchev–Trinajstić information content (AvgIpc) is 2.55. The molecule has 1 aliphatic carbocycles. The van der Waals surface area contributed by atoms with Gasteiger partial charge in [-0.25, -0.2) is 0 Å². The van der Waals surface area contributed by atoms with Crippen LogP contribution in [0, 0.1) is 5.41 Å². The molecule has 2 atom stereocenters. The van der Waals surface area contributed by atoms with Gasteiger partial charge in [0.2, 0.25) is 0 Å². The van der Waals surface area contributed by atoms with Crippen molar-refractivity contribution in [1.29, 1.82) is 0 Å². The van der Waals surface area contributed by atoms with Crippen molar-refractivity contribution in [3.63, 3.8) is 0 Å². The molecular weight excluding hydrogens is 194 g/mol. The van der Waals surface area contributed by atoms with Gasteiger partial charge >= 0.3 is 0 Å². The Morgan fingerprint density at radius 1 is 1.19 bits per heavy atom. The molecule has 0 aromatic carbocycles. The van der Waals surface area contributed by atoms with E-state index in [2.05, 4.69) is 33.0 Å². The van der Waals surface area contributed by atoms with E-state index in [0.29, 0.717) is 5.41 Å². The van der Waals surface area contributed by atoms with Gasteiger partial charge in [0.1, 0.15) is 0 Å². The first-order valence-electron chi connectivity index (χ1n) is 7.36. The van der Waals surface area contributed by atoms with E-state index in [4.69, 9.17) is 0 Å². The van der Waals surface area contributed by atoms with Crippen LogP contribution in [0.5, 0.6) is 0 Å². The summed E-state index contributed by atoms with van der Waals surface area (Å²) < 4.78 is 0. The summed E-state index contributed by atoms with van der Waals surface area (Å²) in [5.74, 6) is 0. The minimum absolute atomic E-state index is 0.526. The topological polar surface area (TPSA) is 12.0 Å². The fraction of sp³-hybridized carbons (Fsp3) is 1.00. The lowest BCUT2D eigenvalue weighted by molar-refractivity contribution is 0.249. The first-order valence-corrected chi connectivity index (χ1v) is 7.36.